The third-order valence-corrected chi connectivity index (χ3v) is 6.26. The number of amides is 1. The Bertz CT molecular complexity index is 746. The highest BCUT2D eigenvalue weighted by molar-refractivity contribution is 7.92. The van der Waals surface area contributed by atoms with Gasteiger partial charge >= 0.3 is 6.18 Å². The first kappa shape index (κ1) is 20.0. The summed E-state index contributed by atoms with van der Waals surface area (Å²) in [4.78, 5) is 12.2. The lowest BCUT2D eigenvalue weighted by Crippen LogP contribution is -2.37. The minimum absolute atomic E-state index is 0.149. The summed E-state index contributed by atoms with van der Waals surface area (Å²) in [7, 11) is -3.86. The van der Waals surface area contributed by atoms with Crippen LogP contribution in [0.5, 0.6) is 0 Å². The van der Waals surface area contributed by atoms with Crippen LogP contribution < -0.4 is 5.32 Å². The van der Waals surface area contributed by atoms with Crippen LogP contribution in [0.4, 0.5) is 18.9 Å². The molecule has 1 aromatic rings. The third kappa shape index (κ3) is 5.08. The molecule has 1 amide bonds. The summed E-state index contributed by atoms with van der Waals surface area (Å²) in [5.74, 6) is -1.38. The number of carbonyl (C=O) groups excluding carboxylic acids is 1. The van der Waals surface area contributed by atoms with Crippen molar-refractivity contribution in [2.45, 2.75) is 37.3 Å². The molecule has 0 radical (unpaired) electrons. The van der Waals surface area contributed by atoms with Crippen LogP contribution in [0.1, 0.15) is 25.3 Å². The van der Waals surface area contributed by atoms with Gasteiger partial charge in [-0.3, -0.25) is 4.79 Å². The maximum Gasteiger partial charge on any atom is 0.418 e. The quantitative estimate of drug-likeness (QED) is 0.824. The van der Waals surface area contributed by atoms with Crippen LogP contribution in [-0.2, 0) is 25.5 Å². The number of hydrogen-bond acceptors (Lipinski definition) is 4. The summed E-state index contributed by atoms with van der Waals surface area (Å²) in [6, 6.07) is 2.84. The zero-order chi connectivity index (χ0) is 18.8. The highest BCUT2D eigenvalue weighted by atomic mass is 35.5. The predicted molar refractivity (Wildman–Crippen MR) is 87.3 cm³/mol. The van der Waals surface area contributed by atoms with Crippen LogP contribution in [0.2, 0.25) is 5.02 Å². The monoisotopic (exact) mass is 399 g/mol. The lowest BCUT2D eigenvalue weighted by Gasteiger charge is -2.18. The second kappa shape index (κ2) is 7.51. The number of alkyl halides is 3. The summed E-state index contributed by atoms with van der Waals surface area (Å²) in [5.41, 5.74) is -1.68. The number of benzene rings is 1. The molecule has 10 heteroatoms. The van der Waals surface area contributed by atoms with Crippen molar-refractivity contribution in [3.63, 3.8) is 0 Å². The fourth-order valence-electron chi connectivity index (χ4n) is 2.44. The Morgan fingerprint density at radius 2 is 2.12 bits per heavy atom. The molecule has 1 aliphatic heterocycles. The van der Waals surface area contributed by atoms with Gasteiger partial charge in [-0.05, 0) is 38.0 Å². The van der Waals surface area contributed by atoms with E-state index in [1.54, 1.807) is 0 Å². The highest BCUT2D eigenvalue weighted by Crippen LogP contribution is 2.36. The maximum atomic E-state index is 13.0. The van der Waals surface area contributed by atoms with Crippen molar-refractivity contribution >= 4 is 33.0 Å². The van der Waals surface area contributed by atoms with Crippen molar-refractivity contribution < 1.29 is 31.1 Å². The molecule has 5 nitrogen and oxygen atoms in total. The van der Waals surface area contributed by atoms with E-state index < -0.39 is 44.5 Å². The van der Waals surface area contributed by atoms with E-state index in [0.29, 0.717) is 19.1 Å². The van der Waals surface area contributed by atoms with Crippen molar-refractivity contribution in [3.05, 3.63) is 28.8 Å². The molecule has 1 fully saturated rings. The molecule has 0 aromatic heterocycles. The maximum absolute atomic E-state index is 13.0. The second-order valence-corrected chi connectivity index (χ2v) is 8.59. The number of anilines is 1. The number of ether oxygens (including phenoxy) is 1. The van der Waals surface area contributed by atoms with E-state index in [-0.39, 0.29) is 10.8 Å². The van der Waals surface area contributed by atoms with Gasteiger partial charge in [0.2, 0.25) is 5.91 Å². The Kier molecular flexibility index (Phi) is 6.01. The van der Waals surface area contributed by atoms with E-state index in [4.69, 9.17) is 16.3 Å². The minimum Gasteiger partial charge on any atom is -0.377 e. The zero-order valence-corrected chi connectivity index (χ0v) is 14.8. The normalized spacial score (nSPS) is 19.6. The van der Waals surface area contributed by atoms with Gasteiger partial charge in [0, 0.05) is 11.6 Å². The van der Waals surface area contributed by atoms with Gasteiger partial charge < -0.3 is 10.1 Å². The molecule has 2 rings (SSSR count). The van der Waals surface area contributed by atoms with Crippen LogP contribution >= 0.6 is 11.6 Å². The van der Waals surface area contributed by atoms with Gasteiger partial charge in [0.25, 0.3) is 0 Å². The van der Waals surface area contributed by atoms with Crippen LogP contribution in [0, 0.1) is 0 Å². The second-order valence-electron chi connectivity index (χ2n) is 5.78. The molecular formula is C15H17ClF3NO4S. The molecule has 140 valence electrons. The van der Waals surface area contributed by atoms with Crippen LogP contribution in [0.15, 0.2) is 18.2 Å². The summed E-state index contributed by atoms with van der Waals surface area (Å²) < 4.78 is 68.9. The summed E-state index contributed by atoms with van der Waals surface area (Å²) >= 11 is 5.57. The lowest BCUT2D eigenvalue weighted by atomic mass is 10.1. The van der Waals surface area contributed by atoms with Crippen molar-refractivity contribution in [1.29, 1.82) is 0 Å². The Morgan fingerprint density at radius 1 is 1.44 bits per heavy atom. The Morgan fingerprint density at radius 3 is 2.68 bits per heavy atom. The van der Waals surface area contributed by atoms with E-state index in [9.17, 15) is 26.4 Å². The van der Waals surface area contributed by atoms with E-state index >= 15 is 0 Å². The van der Waals surface area contributed by atoms with Crippen molar-refractivity contribution in [1.82, 2.24) is 0 Å². The van der Waals surface area contributed by atoms with Gasteiger partial charge in [0.1, 0.15) is 5.25 Å². The first-order valence-electron chi connectivity index (χ1n) is 7.51. The largest absolute Gasteiger partial charge is 0.418 e. The molecule has 0 aliphatic carbocycles. The standard InChI is InChI=1S/C15H17ClF3NO4S/c1-9(25(22,23)8-11-3-2-6-24-11)14(21)20-13-5-4-10(16)7-12(13)15(17,18)19/h4-5,7,9,11H,2-3,6,8H2,1H3,(H,20,21). The molecule has 0 bridgehead atoms. The Balaban J connectivity index is 2.16. The van der Waals surface area contributed by atoms with Gasteiger partial charge in [-0.2, -0.15) is 13.2 Å². The van der Waals surface area contributed by atoms with Gasteiger partial charge in [0.05, 0.1) is 23.1 Å². The molecule has 0 spiro atoms. The molecule has 0 saturated carbocycles. The number of sulfone groups is 1. The van der Waals surface area contributed by atoms with Crippen molar-refractivity contribution in [2.75, 3.05) is 17.7 Å². The fraction of sp³-hybridized carbons (Fsp3) is 0.533. The zero-order valence-electron chi connectivity index (χ0n) is 13.3. The van der Waals surface area contributed by atoms with Crippen molar-refractivity contribution in [3.8, 4) is 0 Å². The molecule has 1 N–H and O–H groups in total. The fourth-order valence-corrected chi connectivity index (χ4v) is 4.06. The Labute approximate surface area is 148 Å². The molecule has 1 aliphatic rings. The molecule has 2 unspecified atom stereocenters. The number of halogens is 4. The van der Waals surface area contributed by atoms with Crippen LogP contribution in [0.25, 0.3) is 0 Å². The number of hydrogen-bond donors (Lipinski definition) is 1. The summed E-state index contributed by atoms with van der Waals surface area (Å²) in [6.07, 6.45) is -3.92. The Hall–Kier alpha value is -1.32. The van der Waals surface area contributed by atoms with E-state index in [1.807, 2.05) is 5.32 Å². The highest BCUT2D eigenvalue weighted by Gasteiger charge is 2.36. The smallest absolute Gasteiger partial charge is 0.377 e. The van der Waals surface area contributed by atoms with Crippen LogP contribution in [0.3, 0.4) is 0 Å². The van der Waals surface area contributed by atoms with Crippen LogP contribution in [-0.4, -0.2) is 38.0 Å². The van der Waals surface area contributed by atoms with E-state index in [2.05, 4.69) is 0 Å². The average Bonchev–Trinajstić information content (AvgIpc) is 2.99. The van der Waals surface area contributed by atoms with E-state index in [0.717, 1.165) is 19.4 Å². The molecular weight excluding hydrogens is 383 g/mol. The first-order chi connectivity index (χ1) is 11.5. The van der Waals surface area contributed by atoms with E-state index in [1.165, 1.54) is 6.07 Å². The lowest BCUT2D eigenvalue weighted by molar-refractivity contribution is -0.137. The molecule has 2 atom stereocenters. The number of nitrogens with one attached hydrogen (secondary N) is 1. The predicted octanol–water partition coefficient (Wildman–Crippen LogP) is 3.28. The van der Waals surface area contributed by atoms with Gasteiger partial charge in [-0.15, -0.1) is 0 Å². The van der Waals surface area contributed by atoms with Gasteiger partial charge in [0.15, 0.2) is 9.84 Å². The summed E-state index contributed by atoms with van der Waals surface area (Å²) in [5, 5.41) is 0.383. The van der Waals surface area contributed by atoms with Gasteiger partial charge in [-0.25, -0.2) is 8.42 Å². The minimum atomic E-state index is -4.74. The molecule has 1 saturated heterocycles. The summed E-state index contributed by atoms with van der Waals surface area (Å²) in [6.45, 7) is 1.60. The molecule has 1 aromatic carbocycles. The number of carbonyl (C=O) groups is 1. The molecule has 25 heavy (non-hydrogen) atoms. The topological polar surface area (TPSA) is 72.5 Å². The molecule has 1 heterocycles. The number of rotatable bonds is 5. The van der Waals surface area contributed by atoms with Crippen molar-refractivity contribution in [2.24, 2.45) is 0 Å². The third-order valence-electron chi connectivity index (χ3n) is 3.89. The average molecular weight is 400 g/mol. The van der Waals surface area contributed by atoms with Gasteiger partial charge in [-0.1, -0.05) is 11.6 Å². The first-order valence-corrected chi connectivity index (χ1v) is 9.61. The SMILES string of the molecule is CC(C(=O)Nc1ccc(Cl)cc1C(F)(F)F)S(=O)(=O)CC1CCCO1.